The van der Waals surface area contributed by atoms with E-state index in [1.165, 1.54) is 4.57 Å². The summed E-state index contributed by atoms with van der Waals surface area (Å²) in [6, 6.07) is 7.36. The average Bonchev–Trinajstić information content (AvgIpc) is 2.94. The van der Waals surface area contributed by atoms with Crippen molar-refractivity contribution < 1.29 is 28.5 Å². The highest BCUT2D eigenvalue weighted by molar-refractivity contribution is 5.98. The molecule has 0 fully saturated rings. The van der Waals surface area contributed by atoms with Crippen LogP contribution in [-0.2, 0) is 19.0 Å². The van der Waals surface area contributed by atoms with Crippen LogP contribution >= 0.6 is 0 Å². The molecule has 0 aliphatic carbocycles. The van der Waals surface area contributed by atoms with Crippen LogP contribution in [0.1, 0.15) is 52.5 Å². The third kappa shape index (κ3) is 3.85. The van der Waals surface area contributed by atoms with Gasteiger partial charge in [0.2, 0.25) is 12.2 Å². The van der Waals surface area contributed by atoms with Gasteiger partial charge in [-0.1, -0.05) is 18.2 Å². The minimum absolute atomic E-state index is 0.273. The fourth-order valence-corrected chi connectivity index (χ4v) is 3.41. The highest BCUT2D eigenvalue weighted by Crippen LogP contribution is 2.44. The molecule has 28 heavy (non-hydrogen) atoms. The van der Waals surface area contributed by atoms with Crippen LogP contribution < -0.4 is 4.74 Å². The lowest BCUT2D eigenvalue weighted by Crippen LogP contribution is -2.34. The normalized spacial score (nSPS) is 19.0. The standard InChI is InChI=1S/C21H27NO6/c1-6-25-16-12-14(19(23)26-7-2)17-13-10-8-9-11-15(13)22(18(17)27-16)20(24)28-21(3,4)5/h8-11,14,16H,6-7,12H2,1-5H3/t14-,16-/m0/s1. The van der Waals surface area contributed by atoms with Gasteiger partial charge in [0, 0.05) is 24.0 Å². The summed E-state index contributed by atoms with van der Waals surface area (Å²) in [5, 5.41) is 0.761. The number of esters is 1. The summed E-state index contributed by atoms with van der Waals surface area (Å²) in [5.74, 6) is -0.670. The molecule has 152 valence electrons. The quantitative estimate of drug-likeness (QED) is 0.729. The van der Waals surface area contributed by atoms with Crippen molar-refractivity contribution in [2.24, 2.45) is 0 Å². The molecule has 1 aromatic carbocycles. The SMILES string of the molecule is CCOC(=O)[C@H]1C[C@@H](OCC)Oc2c1c1ccccc1n2C(=O)OC(C)(C)C. The third-order valence-corrected chi connectivity index (χ3v) is 4.39. The second kappa shape index (κ2) is 7.83. The molecule has 0 amide bonds. The molecule has 0 saturated heterocycles. The molecule has 0 unspecified atom stereocenters. The number of rotatable bonds is 4. The number of carbonyl (C=O) groups is 2. The van der Waals surface area contributed by atoms with Crippen LogP contribution in [0.25, 0.3) is 10.9 Å². The van der Waals surface area contributed by atoms with Crippen LogP contribution in [0, 0.1) is 0 Å². The number of hydrogen-bond acceptors (Lipinski definition) is 6. The van der Waals surface area contributed by atoms with Crippen molar-refractivity contribution in [3.05, 3.63) is 29.8 Å². The summed E-state index contributed by atoms with van der Waals surface area (Å²) < 4.78 is 23.9. The first kappa shape index (κ1) is 20.2. The van der Waals surface area contributed by atoms with Gasteiger partial charge in [0.1, 0.15) is 5.60 Å². The summed E-state index contributed by atoms with van der Waals surface area (Å²) in [7, 11) is 0. The minimum atomic E-state index is -0.677. The lowest BCUT2D eigenvalue weighted by atomic mass is 9.93. The van der Waals surface area contributed by atoms with Crippen molar-refractivity contribution in [1.29, 1.82) is 0 Å². The first-order valence-corrected chi connectivity index (χ1v) is 9.58. The molecule has 0 bridgehead atoms. The van der Waals surface area contributed by atoms with Gasteiger partial charge in [-0.25, -0.2) is 9.36 Å². The Balaban J connectivity index is 2.19. The average molecular weight is 389 g/mol. The number of fused-ring (bicyclic) bond motifs is 3. The molecule has 0 saturated carbocycles. The van der Waals surface area contributed by atoms with Crippen LogP contribution in [0.5, 0.6) is 5.88 Å². The highest BCUT2D eigenvalue weighted by Gasteiger charge is 2.40. The van der Waals surface area contributed by atoms with E-state index in [4.69, 9.17) is 18.9 Å². The van der Waals surface area contributed by atoms with E-state index in [1.807, 2.05) is 25.1 Å². The Kier molecular flexibility index (Phi) is 5.65. The lowest BCUT2D eigenvalue weighted by Gasteiger charge is -2.30. The van der Waals surface area contributed by atoms with Crippen LogP contribution in [0.4, 0.5) is 4.79 Å². The van der Waals surface area contributed by atoms with Gasteiger partial charge >= 0.3 is 12.1 Å². The van der Waals surface area contributed by atoms with E-state index in [1.54, 1.807) is 33.8 Å². The summed E-state index contributed by atoms with van der Waals surface area (Å²) in [5.41, 5.74) is 0.577. The van der Waals surface area contributed by atoms with Crippen molar-refractivity contribution in [2.45, 2.75) is 58.8 Å². The molecule has 7 nitrogen and oxygen atoms in total. The van der Waals surface area contributed by atoms with Crippen LogP contribution in [0.2, 0.25) is 0 Å². The van der Waals surface area contributed by atoms with Gasteiger partial charge in [0.05, 0.1) is 18.0 Å². The van der Waals surface area contributed by atoms with Gasteiger partial charge in [-0.15, -0.1) is 0 Å². The van der Waals surface area contributed by atoms with Crippen molar-refractivity contribution >= 4 is 23.0 Å². The van der Waals surface area contributed by atoms with Crippen molar-refractivity contribution in [1.82, 2.24) is 4.57 Å². The predicted molar refractivity (Wildman–Crippen MR) is 104 cm³/mol. The zero-order valence-electron chi connectivity index (χ0n) is 17.0. The highest BCUT2D eigenvalue weighted by atomic mass is 16.7. The molecule has 1 aromatic heterocycles. The number of benzene rings is 1. The van der Waals surface area contributed by atoms with Gasteiger partial charge in [-0.3, -0.25) is 4.79 Å². The molecule has 2 atom stereocenters. The van der Waals surface area contributed by atoms with E-state index >= 15 is 0 Å². The molecular weight excluding hydrogens is 362 g/mol. The maximum Gasteiger partial charge on any atom is 0.421 e. The third-order valence-electron chi connectivity index (χ3n) is 4.39. The molecule has 1 aliphatic heterocycles. The molecule has 3 rings (SSSR count). The Bertz CT molecular complexity index is 879. The first-order valence-electron chi connectivity index (χ1n) is 9.58. The second-order valence-electron chi connectivity index (χ2n) is 7.59. The van der Waals surface area contributed by atoms with Crippen LogP contribution in [0.3, 0.4) is 0 Å². The topological polar surface area (TPSA) is 76.0 Å². The van der Waals surface area contributed by atoms with Crippen molar-refractivity contribution in [3.63, 3.8) is 0 Å². The molecule has 0 N–H and O–H groups in total. The van der Waals surface area contributed by atoms with E-state index < -0.39 is 23.9 Å². The Morgan fingerprint density at radius 1 is 1.18 bits per heavy atom. The number of nitrogens with zero attached hydrogens (tertiary/aromatic N) is 1. The minimum Gasteiger partial charge on any atom is -0.466 e. The fourth-order valence-electron chi connectivity index (χ4n) is 3.41. The molecule has 2 aromatic rings. The Hall–Kier alpha value is -2.54. The first-order chi connectivity index (χ1) is 13.3. The smallest absolute Gasteiger partial charge is 0.421 e. The number of aromatic nitrogens is 1. The summed E-state index contributed by atoms with van der Waals surface area (Å²) >= 11 is 0. The summed E-state index contributed by atoms with van der Waals surface area (Å²) in [6.45, 7) is 9.71. The zero-order chi connectivity index (χ0) is 20.5. The molecular formula is C21H27NO6. The summed E-state index contributed by atoms with van der Waals surface area (Å²) in [6.07, 6.45) is -0.899. The van der Waals surface area contributed by atoms with E-state index in [2.05, 4.69) is 0 Å². The lowest BCUT2D eigenvalue weighted by molar-refractivity contribution is -0.151. The van der Waals surface area contributed by atoms with Crippen LogP contribution in [0.15, 0.2) is 24.3 Å². The number of para-hydroxylation sites is 1. The largest absolute Gasteiger partial charge is 0.466 e. The fraction of sp³-hybridized carbons (Fsp3) is 0.524. The molecule has 2 heterocycles. The van der Waals surface area contributed by atoms with E-state index in [-0.39, 0.29) is 18.5 Å². The number of hydrogen-bond donors (Lipinski definition) is 0. The molecule has 0 radical (unpaired) electrons. The van der Waals surface area contributed by atoms with Gasteiger partial charge in [-0.2, -0.15) is 0 Å². The Labute approximate surface area is 164 Å². The van der Waals surface area contributed by atoms with E-state index in [9.17, 15) is 9.59 Å². The maximum absolute atomic E-state index is 13.0. The Morgan fingerprint density at radius 2 is 1.89 bits per heavy atom. The van der Waals surface area contributed by atoms with E-state index in [0.29, 0.717) is 24.1 Å². The zero-order valence-corrected chi connectivity index (χ0v) is 17.0. The summed E-state index contributed by atoms with van der Waals surface area (Å²) in [4.78, 5) is 25.7. The van der Waals surface area contributed by atoms with E-state index in [0.717, 1.165) is 5.39 Å². The maximum atomic E-state index is 13.0. The second-order valence-corrected chi connectivity index (χ2v) is 7.59. The van der Waals surface area contributed by atoms with Crippen LogP contribution in [-0.4, -0.2) is 41.7 Å². The predicted octanol–water partition coefficient (Wildman–Crippen LogP) is 4.22. The van der Waals surface area contributed by atoms with Gasteiger partial charge in [0.15, 0.2) is 0 Å². The van der Waals surface area contributed by atoms with Crippen molar-refractivity contribution in [2.75, 3.05) is 13.2 Å². The monoisotopic (exact) mass is 389 g/mol. The Morgan fingerprint density at radius 3 is 2.54 bits per heavy atom. The van der Waals surface area contributed by atoms with Gasteiger partial charge < -0.3 is 18.9 Å². The van der Waals surface area contributed by atoms with Crippen molar-refractivity contribution in [3.8, 4) is 5.88 Å². The number of carbonyl (C=O) groups excluding carboxylic acids is 2. The number of ether oxygens (including phenoxy) is 4. The molecule has 0 spiro atoms. The molecule has 7 heteroatoms. The molecule has 1 aliphatic rings. The van der Waals surface area contributed by atoms with Gasteiger partial charge in [-0.05, 0) is 40.7 Å². The van der Waals surface area contributed by atoms with Gasteiger partial charge in [0.25, 0.3) is 0 Å².